The van der Waals surface area contributed by atoms with Gasteiger partial charge in [0, 0.05) is 24.2 Å². The van der Waals surface area contributed by atoms with Crippen molar-refractivity contribution in [2.75, 3.05) is 5.32 Å². The second-order valence-electron chi connectivity index (χ2n) is 5.35. The molecule has 2 N–H and O–H groups in total. The number of carbonyl (C=O) groups is 1. The summed E-state index contributed by atoms with van der Waals surface area (Å²) in [4.78, 5) is 16.4. The van der Waals surface area contributed by atoms with E-state index >= 15 is 0 Å². The molecular formula is C15H14N4O2. The minimum Gasteiger partial charge on any atom is -0.441 e. The fraction of sp³-hybridized carbons (Fsp3) is 0.267. The van der Waals surface area contributed by atoms with Gasteiger partial charge in [-0.15, -0.1) is 0 Å². The molecule has 0 saturated heterocycles. The summed E-state index contributed by atoms with van der Waals surface area (Å²) in [7, 11) is 0. The van der Waals surface area contributed by atoms with Gasteiger partial charge in [0.1, 0.15) is 5.52 Å². The van der Waals surface area contributed by atoms with Crippen LogP contribution in [0.25, 0.3) is 11.1 Å². The van der Waals surface area contributed by atoms with Crippen molar-refractivity contribution < 1.29 is 9.21 Å². The van der Waals surface area contributed by atoms with Crippen molar-refractivity contribution in [3.8, 4) is 0 Å². The maximum atomic E-state index is 12.2. The molecule has 3 aromatic rings. The first-order chi connectivity index (χ1) is 10.2. The van der Waals surface area contributed by atoms with Crippen LogP contribution in [0.5, 0.6) is 0 Å². The molecular weight excluding hydrogens is 268 g/mol. The van der Waals surface area contributed by atoms with E-state index in [1.54, 1.807) is 25.1 Å². The zero-order valence-electron chi connectivity index (χ0n) is 11.5. The number of aromatic nitrogens is 3. The van der Waals surface area contributed by atoms with Crippen LogP contribution in [0.3, 0.4) is 0 Å². The minimum atomic E-state index is -0.224. The highest BCUT2D eigenvalue weighted by molar-refractivity contribution is 6.03. The highest BCUT2D eigenvalue weighted by atomic mass is 16.3. The maximum Gasteiger partial charge on any atom is 0.276 e. The van der Waals surface area contributed by atoms with E-state index in [0.29, 0.717) is 28.8 Å². The van der Waals surface area contributed by atoms with Gasteiger partial charge in [0.05, 0.1) is 0 Å². The number of aryl methyl sites for hydroxylation is 1. The molecule has 0 radical (unpaired) electrons. The number of benzene rings is 1. The fourth-order valence-corrected chi connectivity index (χ4v) is 2.37. The van der Waals surface area contributed by atoms with Crippen LogP contribution in [0, 0.1) is 6.92 Å². The highest BCUT2D eigenvalue weighted by Crippen LogP contribution is 2.39. The summed E-state index contributed by atoms with van der Waals surface area (Å²) in [6.45, 7) is 1.79. The zero-order chi connectivity index (χ0) is 14.4. The summed E-state index contributed by atoms with van der Waals surface area (Å²) >= 11 is 0. The Kier molecular flexibility index (Phi) is 2.57. The highest BCUT2D eigenvalue weighted by Gasteiger charge is 2.26. The lowest BCUT2D eigenvalue weighted by Gasteiger charge is -2.02. The number of nitrogens with zero attached hydrogens (tertiary/aromatic N) is 2. The molecule has 0 bridgehead atoms. The molecule has 6 nitrogen and oxygen atoms in total. The van der Waals surface area contributed by atoms with Gasteiger partial charge in [-0.1, -0.05) is 0 Å². The SMILES string of the molecule is Cc1nc2cc(NC(=O)c3cc(C4CC4)[nH]n3)ccc2o1. The molecule has 6 heteroatoms. The van der Waals surface area contributed by atoms with Crippen LogP contribution < -0.4 is 5.32 Å². The first kappa shape index (κ1) is 12.1. The molecule has 2 heterocycles. The normalized spacial score (nSPS) is 14.5. The maximum absolute atomic E-state index is 12.2. The molecule has 1 aromatic carbocycles. The molecule has 0 spiro atoms. The summed E-state index contributed by atoms with van der Waals surface area (Å²) in [5.74, 6) is 0.932. The van der Waals surface area contributed by atoms with Crippen molar-refractivity contribution in [3.05, 3.63) is 41.5 Å². The van der Waals surface area contributed by atoms with Crippen LogP contribution in [0.2, 0.25) is 0 Å². The van der Waals surface area contributed by atoms with E-state index in [-0.39, 0.29) is 5.91 Å². The third-order valence-corrected chi connectivity index (χ3v) is 3.60. The average Bonchev–Trinajstić information content (AvgIpc) is 3.06. The van der Waals surface area contributed by atoms with E-state index in [1.807, 2.05) is 6.07 Å². The van der Waals surface area contributed by atoms with Crippen LogP contribution in [0.15, 0.2) is 28.7 Å². The molecule has 2 aromatic heterocycles. The first-order valence-corrected chi connectivity index (χ1v) is 6.93. The Morgan fingerprint density at radius 2 is 2.24 bits per heavy atom. The molecule has 106 valence electrons. The van der Waals surface area contributed by atoms with E-state index < -0.39 is 0 Å². The molecule has 0 atom stereocenters. The van der Waals surface area contributed by atoms with Crippen LogP contribution in [-0.2, 0) is 0 Å². The smallest absolute Gasteiger partial charge is 0.276 e. The third-order valence-electron chi connectivity index (χ3n) is 3.60. The molecule has 0 unspecified atom stereocenters. The number of anilines is 1. The van der Waals surface area contributed by atoms with Crippen molar-refractivity contribution in [3.63, 3.8) is 0 Å². The molecule has 1 aliphatic rings. The van der Waals surface area contributed by atoms with E-state index in [1.165, 1.54) is 12.8 Å². The van der Waals surface area contributed by atoms with Gasteiger partial charge in [0.2, 0.25) is 0 Å². The number of oxazole rings is 1. The average molecular weight is 282 g/mol. The topological polar surface area (TPSA) is 83.8 Å². The molecule has 1 aliphatic carbocycles. The Morgan fingerprint density at radius 3 is 3.05 bits per heavy atom. The Labute approximate surface area is 120 Å². The van der Waals surface area contributed by atoms with Crippen molar-refractivity contribution >= 4 is 22.7 Å². The minimum absolute atomic E-state index is 0.224. The van der Waals surface area contributed by atoms with E-state index in [9.17, 15) is 4.79 Å². The first-order valence-electron chi connectivity index (χ1n) is 6.93. The Hall–Kier alpha value is -2.63. The second kappa shape index (κ2) is 4.44. The molecule has 4 rings (SSSR count). The van der Waals surface area contributed by atoms with Crippen molar-refractivity contribution in [2.24, 2.45) is 0 Å². The van der Waals surface area contributed by atoms with Crippen molar-refractivity contribution in [1.82, 2.24) is 15.2 Å². The van der Waals surface area contributed by atoms with Crippen LogP contribution >= 0.6 is 0 Å². The number of hydrogen-bond donors (Lipinski definition) is 2. The van der Waals surface area contributed by atoms with Crippen LogP contribution in [0.4, 0.5) is 5.69 Å². The van der Waals surface area contributed by atoms with Gasteiger partial charge in [0.25, 0.3) is 5.91 Å². The van der Waals surface area contributed by atoms with Crippen molar-refractivity contribution in [1.29, 1.82) is 0 Å². The summed E-state index contributed by atoms with van der Waals surface area (Å²) in [6, 6.07) is 7.20. The van der Waals surface area contributed by atoms with Gasteiger partial charge in [-0.2, -0.15) is 5.10 Å². The summed E-state index contributed by atoms with van der Waals surface area (Å²) in [5.41, 5.74) is 3.57. The fourth-order valence-electron chi connectivity index (χ4n) is 2.37. The van der Waals surface area contributed by atoms with Crippen LogP contribution in [-0.4, -0.2) is 21.1 Å². The number of hydrogen-bond acceptors (Lipinski definition) is 4. The second-order valence-corrected chi connectivity index (χ2v) is 5.35. The lowest BCUT2D eigenvalue weighted by molar-refractivity contribution is 0.102. The molecule has 21 heavy (non-hydrogen) atoms. The molecule has 1 saturated carbocycles. The number of rotatable bonds is 3. The largest absolute Gasteiger partial charge is 0.441 e. The number of nitrogens with one attached hydrogen (secondary N) is 2. The Morgan fingerprint density at radius 1 is 1.38 bits per heavy atom. The van der Waals surface area contributed by atoms with Crippen LogP contribution in [0.1, 0.15) is 40.8 Å². The van der Waals surface area contributed by atoms with E-state index in [4.69, 9.17) is 4.42 Å². The van der Waals surface area contributed by atoms with Gasteiger partial charge < -0.3 is 9.73 Å². The van der Waals surface area contributed by atoms with Gasteiger partial charge in [-0.3, -0.25) is 9.89 Å². The quantitative estimate of drug-likeness (QED) is 0.773. The summed E-state index contributed by atoms with van der Waals surface area (Å²) in [6.07, 6.45) is 2.34. The molecule has 1 fully saturated rings. The van der Waals surface area contributed by atoms with Gasteiger partial charge in [0.15, 0.2) is 17.2 Å². The summed E-state index contributed by atoms with van der Waals surface area (Å²) < 4.78 is 5.41. The van der Waals surface area contributed by atoms with Gasteiger partial charge in [-0.05, 0) is 37.1 Å². The monoisotopic (exact) mass is 282 g/mol. The van der Waals surface area contributed by atoms with E-state index in [0.717, 1.165) is 11.2 Å². The van der Waals surface area contributed by atoms with Gasteiger partial charge in [-0.25, -0.2) is 4.98 Å². The Bertz CT molecular complexity index is 829. The number of carbonyl (C=O) groups excluding carboxylic acids is 1. The number of amides is 1. The number of fused-ring (bicyclic) bond motifs is 1. The lowest BCUT2D eigenvalue weighted by atomic mass is 10.2. The number of H-pyrrole nitrogens is 1. The lowest BCUT2D eigenvalue weighted by Crippen LogP contribution is -2.12. The zero-order valence-corrected chi connectivity index (χ0v) is 11.5. The predicted molar refractivity (Wildman–Crippen MR) is 77.3 cm³/mol. The summed E-state index contributed by atoms with van der Waals surface area (Å²) in [5, 5.41) is 9.83. The predicted octanol–water partition coefficient (Wildman–Crippen LogP) is 2.99. The van der Waals surface area contributed by atoms with Crippen molar-refractivity contribution in [2.45, 2.75) is 25.7 Å². The third kappa shape index (κ3) is 2.29. The standard InChI is InChI=1S/C15H14N4O2/c1-8-16-12-6-10(4-5-14(12)21-8)17-15(20)13-7-11(18-19-13)9-2-3-9/h4-7,9H,2-3H2,1H3,(H,17,20)(H,18,19). The number of aromatic amines is 1. The van der Waals surface area contributed by atoms with E-state index in [2.05, 4.69) is 20.5 Å². The molecule has 0 aliphatic heterocycles. The molecule has 1 amide bonds. The van der Waals surface area contributed by atoms with Gasteiger partial charge >= 0.3 is 0 Å². The Balaban J connectivity index is 1.55.